The zero-order chi connectivity index (χ0) is 28.9. The molecule has 0 bridgehead atoms. The Morgan fingerprint density at radius 2 is 1.90 bits per heavy atom. The van der Waals surface area contributed by atoms with Crippen molar-refractivity contribution in [3.05, 3.63) is 54.0 Å². The SMILES string of the molecule is CCS(=O)(=O)N1CCC(CC(CC#N)n2cc(-c3nc(Nc4ccc(C(=O)N(C)C)cc4)ncc3C)cn2)CC1. The summed E-state index contributed by atoms with van der Waals surface area (Å²) in [6, 6.07) is 9.31. The maximum Gasteiger partial charge on any atom is 0.253 e. The molecular formula is C28H36N8O3S. The Hall–Kier alpha value is -3.82. The van der Waals surface area contributed by atoms with Gasteiger partial charge in [-0.1, -0.05) is 0 Å². The second-order valence-corrected chi connectivity index (χ2v) is 12.6. The molecule has 212 valence electrons. The molecule has 11 nitrogen and oxygen atoms in total. The number of amides is 1. The number of anilines is 2. The van der Waals surface area contributed by atoms with Crippen molar-refractivity contribution < 1.29 is 13.2 Å². The first-order valence-electron chi connectivity index (χ1n) is 13.4. The maximum absolute atomic E-state index is 12.2. The highest BCUT2D eigenvalue weighted by Gasteiger charge is 2.29. The van der Waals surface area contributed by atoms with Crippen molar-refractivity contribution >= 4 is 27.6 Å². The molecule has 1 unspecified atom stereocenters. The molecule has 4 rings (SSSR count). The maximum atomic E-state index is 12.2. The average Bonchev–Trinajstić information content (AvgIpc) is 3.44. The van der Waals surface area contributed by atoms with Gasteiger partial charge in [0.15, 0.2) is 0 Å². The lowest BCUT2D eigenvalue weighted by Gasteiger charge is -2.32. The summed E-state index contributed by atoms with van der Waals surface area (Å²) in [5, 5.41) is 17.3. The third-order valence-corrected chi connectivity index (χ3v) is 9.16. The molecule has 0 spiro atoms. The monoisotopic (exact) mass is 564 g/mol. The van der Waals surface area contributed by atoms with Crippen molar-refractivity contribution in [2.24, 2.45) is 5.92 Å². The number of nitriles is 1. The van der Waals surface area contributed by atoms with E-state index in [1.54, 1.807) is 49.9 Å². The number of aryl methyl sites for hydroxylation is 1. The van der Waals surface area contributed by atoms with E-state index in [4.69, 9.17) is 4.98 Å². The minimum atomic E-state index is -3.17. The van der Waals surface area contributed by atoms with Crippen LogP contribution in [0.25, 0.3) is 11.3 Å². The Morgan fingerprint density at radius 1 is 1.20 bits per heavy atom. The lowest BCUT2D eigenvalue weighted by molar-refractivity contribution is 0.0827. The van der Waals surface area contributed by atoms with Crippen LogP contribution in [0.4, 0.5) is 11.6 Å². The van der Waals surface area contributed by atoms with E-state index >= 15 is 0 Å². The molecule has 0 radical (unpaired) electrons. The first-order valence-corrected chi connectivity index (χ1v) is 15.0. The van der Waals surface area contributed by atoms with Crippen LogP contribution in [0.15, 0.2) is 42.9 Å². The zero-order valence-electron chi connectivity index (χ0n) is 23.4. The van der Waals surface area contributed by atoms with E-state index in [1.807, 2.05) is 29.9 Å². The Labute approximate surface area is 235 Å². The fraction of sp³-hybridized carbons (Fsp3) is 0.464. The van der Waals surface area contributed by atoms with E-state index in [0.717, 1.165) is 41.8 Å². The fourth-order valence-electron chi connectivity index (χ4n) is 4.92. The molecule has 1 aromatic carbocycles. The lowest BCUT2D eigenvalue weighted by atomic mass is 9.90. The largest absolute Gasteiger partial charge is 0.345 e. The quantitative estimate of drug-likeness (QED) is 0.390. The molecule has 3 heterocycles. The summed E-state index contributed by atoms with van der Waals surface area (Å²) in [6.45, 7) is 4.65. The number of hydrogen-bond acceptors (Lipinski definition) is 8. The molecule has 40 heavy (non-hydrogen) atoms. The van der Waals surface area contributed by atoms with E-state index < -0.39 is 10.0 Å². The summed E-state index contributed by atoms with van der Waals surface area (Å²) < 4.78 is 27.8. The van der Waals surface area contributed by atoms with Crippen LogP contribution >= 0.6 is 0 Å². The number of sulfonamides is 1. The molecule has 3 aromatic rings. The van der Waals surface area contributed by atoms with Crippen LogP contribution in [0, 0.1) is 24.2 Å². The van der Waals surface area contributed by atoms with E-state index in [2.05, 4.69) is 21.5 Å². The summed E-state index contributed by atoms with van der Waals surface area (Å²) >= 11 is 0. The third kappa shape index (κ3) is 6.84. The van der Waals surface area contributed by atoms with Gasteiger partial charge in [-0.2, -0.15) is 10.4 Å². The van der Waals surface area contributed by atoms with Crippen LogP contribution in [0.2, 0.25) is 0 Å². The molecule has 0 aliphatic carbocycles. The topological polar surface area (TPSA) is 137 Å². The number of nitrogens with one attached hydrogen (secondary N) is 1. The Kier molecular flexibility index (Phi) is 9.17. The Morgan fingerprint density at radius 3 is 2.52 bits per heavy atom. The van der Waals surface area contributed by atoms with Gasteiger partial charge in [0.2, 0.25) is 16.0 Å². The van der Waals surface area contributed by atoms with E-state index in [1.165, 1.54) is 4.90 Å². The number of aromatic nitrogens is 4. The van der Waals surface area contributed by atoms with Crippen LogP contribution in [0.5, 0.6) is 0 Å². The molecule has 1 amide bonds. The smallest absolute Gasteiger partial charge is 0.253 e. The van der Waals surface area contributed by atoms with Gasteiger partial charge in [-0.05, 0) is 68.9 Å². The first kappa shape index (κ1) is 29.2. The molecule has 12 heteroatoms. The Bertz CT molecular complexity index is 1470. The number of rotatable bonds is 10. The minimum absolute atomic E-state index is 0.0676. The lowest BCUT2D eigenvalue weighted by Crippen LogP contribution is -2.39. The van der Waals surface area contributed by atoms with Crippen LogP contribution in [0.1, 0.15) is 54.6 Å². The number of benzene rings is 1. The zero-order valence-corrected chi connectivity index (χ0v) is 24.2. The minimum Gasteiger partial charge on any atom is -0.345 e. The Balaban J connectivity index is 1.46. The van der Waals surface area contributed by atoms with E-state index in [0.29, 0.717) is 36.9 Å². The number of piperidine rings is 1. The summed E-state index contributed by atoms with van der Waals surface area (Å²) in [5.74, 6) is 0.795. The van der Waals surface area contributed by atoms with Crippen molar-refractivity contribution in [3.8, 4) is 17.3 Å². The first-order chi connectivity index (χ1) is 19.1. The number of hydrogen-bond donors (Lipinski definition) is 1. The van der Waals surface area contributed by atoms with Gasteiger partial charge >= 0.3 is 0 Å². The van der Waals surface area contributed by atoms with Crippen LogP contribution in [-0.4, -0.2) is 76.2 Å². The van der Waals surface area contributed by atoms with Crippen LogP contribution < -0.4 is 5.32 Å². The number of carbonyl (C=O) groups excluding carboxylic acids is 1. The fourth-order valence-corrected chi connectivity index (χ4v) is 6.05. The van der Waals surface area contributed by atoms with Gasteiger partial charge in [-0.25, -0.2) is 22.7 Å². The second kappa shape index (κ2) is 12.6. The molecule has 0 saturated carbocycles. The molecule has 1 N–H and O–H groups in total. The van der Waals surface area contributed by atoms with Gasteiger partial charge in [0, 0.05) is 56.4 Å². The van der Waals surface area contributed by atoms with Crippen molar-refractivity contribution in [1.29, 1.82) is 5.26 Å². The van der Waals surface area contributed by atoms with Crippen molar-refractivity contribution in [1.82, 2.24) is 29.0 Å². The van der Waals surface area contributed by atoms with Gasteiger partial charge in [-0.15, -0.1) is 0 Å². The summed E-state index contributed by atoms with van der Waals surface area (Å²) in [5.41, 5.74) is 3.79. The highest BCUT2D eigenvalue weighted by molar-refractivity contribution is 7.89. The summed E-state index contributed by atoms with van der Waals surface area (Å²) in [7, 11) is 0.261. The second-order valence-electron chi connectivity index (χ2n) is 10.3. The average molecular weight is 565 g/mol. The predicted octanol–water partition coefficient (Wildman–Crippen LogP) is 4.00. The van der Waals surface area contributed by atoms with Gasteiger partial charge in [-0.3, -0.25) is 9.48 Å². The molecule has 2 aromatic heterocycles. The molecule has 1 atom stereocenters. The number of nitrogens with zero attached hydrogens (tertiary/aromatic N) is 7. The van der Waals surface area contributed by atoms with Crippen molar-refractivity contribution in [2.45, 2.75) is 45.6 Å². The molecule has 1 saturated heterocycles. The van der Waals surface area contributed by atoms with Crippen LogP contribution in [-0.2, 0) is 10.0 Å². The summed E-state index contributed by atoms with van der Waals surface area (Å²) in [6.07, 6.45) is 8.05. The highest BCUT2D eigenvalue weighted by Crippen LogP contribution is 2.31. The molecule has 1 aliphatic rings. The van der Waals surface area contributed by atoms with Gasteiger partial charge in [0.1, 0.15) is 0 Å². The molecule has 1 aliphatic heterocycles. The standard InChI is InChI=1S/C28H36N8O3S/c1-5-40(38,39)35-14-11-21(12-15-35)16-25(10-13-29)36-19-23(18-31-36)26-20(2)17-30-28(33-26)32-24-8-6-22(7-9-24)27(37)34(3)4/h6-9,17-19,21,25H,5,10-12,14-16H2,1-4H3,(H,30,32,33). The van der Waals surface area contributed by atoms with Gasteiger partial charge in [0.05, 0.1) is 36.2 Å². The summed E-state index contributed by atoms with van der Waals surface area (Å²) in [4.78, 5) is 22.8. The van der Waals surface area contributed by atoms with Crippen LogP contribution in [0.3, 0.4) is 0 Å². The van der Waals surface area contributed by atoms with E-state index in [9.17, 15) is 18.5 Å². The van der Waals surface area contributed by atoms with Crippen molar-refractivity contribution in [3.63, 3.8) is 0 Å². The van der Waals surface area contributed by atoms with Gasteiger partial charge in [0.25, 0.3) is 5.91 Å². The highest BCUT2D eigenvalue weighted by atomic mass is 32.2. The molecule has 1 fully saturated rings. The van der Waals surface area contributed by atoms with Crippen molar-refractivity contribution in [2.75, 3.05) is 38.3 Å². The van der Waals surface area contributed by atoms with E-state index in [-0.39, 0.29) is 17.7 Å². The van der Waals surface area contributed by atoms with Gasteiger partial charge < -0.3 is 10.2 Å². The predicted molar refractivity (Wildman–Crippen MR) is 153 cm³/mol. The number of carbonyl (C=O) groups is 1. The third-order valence-electron chi connectivity index (χ3n) is 7.28. The normalized spacial score (nSPS) is 15.4. The molecular weight excluding hydrogens is 528 g/mol.